The van der Waals surface area contributed by atoms with Crippen molar-refractivity contribution >= 4 is 11.9 Å². The number of hydrogen-bond acceptors (Lipinski definition) is 4. The van der Waals surface area contributed by atoms with Gasteiger partial charge in [-0.2, -0.15) is 0 Å². The van der Waals surface area contributed by atoms with Crippen molar-refractivity contribution < 1.29 is 24.2 Å². The van der Waals surface area contributed by atoms with E-state index in [-0.39, 0.29) is 12.5 Å². The van der Waals surface area contributed by atoms with E-state index in [9.17, 15) is 9.59 Å². The lowest BCUT2D eigenvalue weighted by Crippen LogP contribution is -2.48. The highest BCUT2D eigenvalue weighted by Gasteiger charge is 2.20. The molecule has 0 atom stereocenters. The van der Waals surface area contributed by atoms with Crippen molar-refractivity contribution in [2.45, 2.75) is 19.4 Å². The van der Waals surface area contributed by atoms with E-state index in [4.69, 9.17) is 9.84 Å². The van der Waals surface area contributed by atoms with Gasteiger partial charge in [-0.1, -0.05) is 0 Å². The molecule has 0 bridgehead atoms. The van der Waals surface area contributed by atoms with Gasteiger partial charge in [0.25, 0.3) is 0 Å². The van der Waals surface area contributed by atoms with Crippen molar-refractivity contribution in [2.75, 3.05) is 26.9 Å². The van der Waals surface area contributed by atoms with Gasteiger partial charge in [0, 0.05) is 7.11 Å². The summed E-state index contributed by atoms with van der Waals surface area (Å²) in [5.41, 5.74) is -0.488. The number of carboxylic acid groups (broad SMARTS) is 1. The van der Waals surface area contributed by atoms with Gasteiger partial charge < -0.3 is 19.9 Å². The molecule has 0 aromatic carbocycles. The molecule has 0 aromatic rings. The molecule has 0 unspecified atom stereocenters. The molecule has 0 aliphatic carbocycles. The van der Waals surface area contributed by atoms with E-state index in [1.165, 1.54) is 7.11 Å². The molecule has 2 N–H and O–H groups in total. The minimum Gasteiger partial charge on any atom is -0.480 e. The highest BCUT2D eigenvalue weighted by atomic mass is 16.5. The van der Waals surface area contributed by atoms with Crippen LogP contribution in [0.1, 0.15) is 13.8 Å². The number of methoxy groups -OCH3 is 1. The molecular formula is C9H17NO5. The Kier molecular flexibility index (Phi) is 5.88. The van der Waals surface area contributed by atoms with Crippen LogP contribution in [-0.2, 0) is 19.1 Å². The molecule has 0 radical (unpaired) electrons. The third kappa shape index (κ3) is 7.90. The van der Waals surface area contributed by atoms with Crippen molar-refractivity contribution in [1.29, 1.82) is 0 Å². The second-order valence-electron chi connectivity index (χ2n) is 3.75. The Morgan fingerprint density at radius 2 is 1.93 bits per heavy atom. The smallest absolute Gasteiger partial charge is 0.329 e. The van der Waals surface area contributed by atoms with E-state index < -0.39 is 18.1 Å². The standard InChI is InChI=1S/C9H17NO5/c1-9(2,6-14-3)10-7(11)4-15-5-8(12)13/h4-6H2,1-3H3,(H,10,11)(H,12,13). The third-order valence-electron chi connectivity index (χ3n) is 1.44. The van der Waals surface area contributed by atoms with Crippen LogP contribution in [0.5, 0.6) is 0 Å². The molecule has 1 amide bonds. The van der Waals surface area contributed by atoms with Crippen LogP contribution in [0.25, 0.3) is 0 Å². The lowest BCUT2D eigenvalue weighted by atomic mass is 10.1. The Balaban J connectivity index is 3.77. The number of rotatable bonds is 7. The van der Waals surface area contributed by atoms with Gasteiger partial charge in [-0.3, -0.25) is 4.79 Å². The third-order valence-corrected chi connectivity index (χ3v) is 1.44. The van der Waals surface area contributed by atoms with Crippen molar-refractivity contribution in [1.82, 2.24) is 5.32 Å². The molecule has 0 aliphatic heterocycles. The number of amides is 1. The predicted molar refractivity (Wildman–Crippen MR) is 52.6 cm³/mol. The van der Waals surface area contributed by atoms with Gasteiger partial charge in [0.1, 0.15) is 13.2 Å². The van der Waals surface area contributed by atoms with Crippen molar-refractivity contribution in [3.8, 4) is 0 Å². The predicted octanol–water partition coefficient (Wildman–Crippen LogP) is -0.371. The number of nitrogens with one attached hydrogen (secondary N) is 1. The van der Waals surface area contributed by atoms with Gasteiger partial charge in [0.2, 0.25) is 5.91 Å². The van der Waals surface area contributed by atoms with Crippen LogP contribution in [0.4, 0.5) is 0 Å². The molecule has 88 valence electrons. The van der Waals surface area contributed by atoms with Crippen LogP contribution in [0.3, 0.4) is 0 Å². The second-order valence-corrected chi connectivity index (χ2v) is 3.75. The quantitative estimate of drug-likeness (QED) is 0.610. The molecule has 0 rings (SSSR count). The van der Waals surface area contributed by atoms with Crippen LogP contribution >= 0.6 is 0 Å². The fourth-order valence-corrected chi connectivity index (χ4v) is 1.04. The lowest BCUT2D eigenvalue weighted by Gasteiger charge is -2.25. The topological polar surface area (TPSA) is 84.9 Å². The summed E-state index contributed by atoms with van der Waals surface area (Å²) in [6, 6.07) is 0. The highest BCUT2D eigenvalue weighted by molar-refractivity contribution is 5.78. The largest absolute Gasteiger partial charge is 0.480 e. The Morgan fingerprint density at radius 1 is 1.33 bits per heavy atom. The van der Waals surface area contributed by atoms with Crippen LogP contribution in [-0.4, -0.2) is 49.5 Å². The first-order chi connectivity index (χ1) is 6.87. The first kappa shape index (κ1) is 13.9. The maximum atomic E-state index is 11.2. The molecule has 15 heavy (non-hydrogen) atoms. The fraction of sp³-hybridized carbons (Fsp3) is 0.778. The number of carbonyl (C=O) groups excluding carboxylic acids is 1. The Hall–Kier alpha value is -1.14. The Labute approximate surface area is 88.6 Å². The minimum absolute atomic E-state index is 0.264. The zero-order chi connectivity index (χ0) is 11.9. The normalized spacial score (nSPS) is 11.1. The summed E-state index contributed by atoms with van der Waals surface area (Å²) >= 11 is 0. The zero-order valence-electron chi connectivity index (χ0n) is 9.20. The molecule has 0 aliphatic rings. The van der Waals surface area contributed by atoms with E-state index in [0.29, 0.717) is 6.61 Å². The summed E-state index contributed by atoms with van der Waals surface area (Å²) in [4.78, 5) is 21.3. The SMILES string of the molecule is COCC(C)(C)NC(=O)COCC(=O)O. The fourth-order valence-electron chi connectivity index (χ4n) is 1.04. The zero-order valence-corrected chi connectivity index (χ0v) is 9.20. The minimum atomic E-state index is -1.10. The van der Waals surface area contributed by atoms with Crippen LogP contribution in [0.15, 0.2) is 0 Å². The summed E-state index contributed by atoms with van der Waals surface area (Å²) < 4.78 is 9.53. The van der Waals surface area contributed by atoms with E-state index in [1.54, 1.807) is 13.8 Å². The molecule has 6 nitrogen and oxygen atoms in total. The molecule has 0 aromatic heterocycles. The van der Waals surface area contributed by atoms with Crippen molar-refractivity contribution in [3.63, 3.8) is 0 Å². The first-order valence-electron chi connectivity index (χ1n) is 4.47. The van der Waals surface area contributed by atoms with Gasteiger partial charge in [-0.15, -0.1) is 0 Å². The number of carboxylic acids is 1. The van der Waals surface area contributed by atoms with Gasteiger partial charge >= 0.3 is 5.97 Å². The lowest BCUT2D eigenvalue weighted by molar-refractivity contribution is -0.143. The molecule has 0 saturated carbocycles. The Bertz CT molecular complexity index is 227. The Morgan fingerprint density at radius 3 is 2.40 bits per heavy atom. The first-order valence-corrected chi connectivity index (χ1v) is 4.47. The molecule has 0 saturated heterocycles. The summed E-state index contributed by atoms with van der Waals surface area (Å²) in [5, 5.41) is 10.9. The number of carbonyl (C=O) groups is 2. The second kappa shape index (κ2) is 6.36. The van der Waals surface area contributed by atoms with Gasteiger partial charge in [-0.05, 0) is 13.8 Å². The van der Waals surface area contributed by atoms with Gasteiger partial charge in [-0.25, -0.2) is 4.79 Å². The van der Waals surface area contributed by atoms with E-state index in [1.807, 2.05) is 0 Å². The van der Waals surface area contributed by atoms with Crippen molar-refractivity contribution in [3.05, 3.63) is 0 Å². The number of hydrogen-bond donors (Lipinski definition) is 2. The molecular weight excluding hydrogens is 202 g/mol. The number of ether oxygens (including phenoxy) is 2. The highest BCUT2D eigenvalue weighted by Crippen LogP contribution is 2.01. The summed E-state index contributed by atoms with van der Waals surface area (Å²) in [7, 11) is 1.54. The molecule has 0 fully saturated rings. The maximum absolute atomic E-state index is 11.2. The summed E-state index contributed by atoms with van der Waals surface area (Å²) in [6.07, 6.45) is 0. The maximum Gasteiger partial charge on any atom is 0.329 e. The van der Waals surface area contributed by atoms with E-state index in [0.717, 1.165) is 0 Å². The average molecular weight is 219 g/mol. The van der Waals surface area contributed by atoms with Crippen LogP contribution < -0.4 is 5.32 Å². The van der Waals surface area contributed by atoms with E-state index in [2.05, 4.69) is 10.1 Å². The van der Waals surface area contributed by atoms with Crippen LogP contribution in [0.2, 0.25) is 0 Å². The molecule has 0 spiro atoms. The monoisotopic (exact) mass is 219 g/mol. The molecule has 0 heterocycles. The van der Waals surface area contributed by atoms with Gasteiger partial charge in [0.15, 0.2) is 0 Å². The molecule has 6 heteroatoms. The van der Waals surface area contributed by atoms with E-state index >= 15 is 0 Å². The summed E-state index contributed by atoms with van der Waals surface area (Å²) in [6.45, 7) is 3.23. The van der Waals surface area contributed by atoms with Gasteiger partial charge in [0.05, 0.1) is 12.1 Å². The summed E-state index contributed by atoms with van der Waals surface area (Å²) in [5.74, 6) is -1.46. The average Bonchev–Trinajstić information content (AvgIpc) is 2.01. The van der Waals surface area contributed by atoms with Crippen molar-refractivity contribution in [2.24, 2.45) is 0 Å². The van der Waals surface area contributed by atoms with Crippen LogP contribution in [0, 0.1) is 0 Å². The number of aliphatic carboxylic acids is 1.